The van der Waals surface area contributed by atoms with Crippen LogP contribution in [-0.4, -0.2) is 10.9 Å². The molecule has 14 heavy (non-hydrogen) atoms. The average molecular weight is 377 g/mol. The van der Waals surface area contributed by atoms with Crippen LogP contribution in [0, 0.1) is 3.70 Å². The second-order valence-corrected chi connectivity index (χ2v) is 4.26. The van der Waals surface area contributed by atoms with E-state index in [4.69, 9.17) is 5.73 Å². The topological polar surface area (TPSA) is 56.0 Å². The van der Waals surface area contributed by atoms with Crippen molar-refractivity contribution in [3.8, 4) is 0 Å². The zero-order valence-corrected chi connectivity index (χ0v) is 10.3. The number of carbonyl (C=O) groups is 1. The van der Waals surface area contributed by atoms with Gasteiger partial charge in [-0.25, -0.2) is 13.8 Å². The van der Waals surface area contributed by atoms with Crippen LogP contribution >= 0.6 is 38.5 Å². The van der Waals surface area contributed by atoms with Gasteiger partial charge in [0, 0.05) is 5.56 Å². The number of halogens is 4. The molecule has 0 bridgehead atoms. The van der Waals surface area contributed by atoms with Gasteiger partial charge in [-0.05, 0) is 44.6 Å². The first-order valence-corrected chi connectivity index (χ1v) is 5.24. The molecule has 1 rings (SSSR count). The Morgan fingerprint density at radius 1 is 1.64 bits per heavy atom. The summed E-state index contributed by atoms with van der Waals surface area (Å²) in [5.74, 6) is -0.836. The predicted molar refractivity (Wildman–Crippen MR) is 58.1 cm³/mol. The molecule has 0 saturated heterocycles. The van der Waals surface area contributed by atoms with Gasteiger partial charge in [-0.15, -0.1) is 0 Å². The minimum Gasteiger partial charge on any atom is -0.364 e. The molecule has 7 heteroatoms. The molecule has 0 atom stereocenters. The van der Waals surface area contributed by atoms with E-state index in [1.54, 1.807) is 22.6 Å². The fourth-order valence-electron chi connectivity index (χ4n) is 0.839. The van der Waals surface area contributed by atoms with E-state index >= 15 is 0 Å². The van der Waals surface area contributed by atoms with Crippen LogP contribution in [-0.2, 0) is 0 Å². The van der Waals surface area contributed by atoms with Gasteiger partial charge in [-0.2, -0.15) is 0 Å². The molecule has 0 aliphatic carbocycles. The van der Waals surface area contributed by atoms with Gasteiger partial charge in [0.2, 0.25) is 0 Å². The first-order chi connectivity index (χ1) is 6.43. The van der Waals surface area contributed by atoms with Gasteiger partial charge < -0.3 is 5.73 Å². The summed E-state index contributed by atoms with van der Waals surface area (Å²) in [6.07, 6.45) is -2.67. The average Bonchev–Trinajstić information content (AvgIpc) is 2.07. The highest BCUT2D eigenvalue weighted by Gasteiger charge is 2.19. The monoisotopic (exact) mass is 376 g/mol. The normalized spacial score (nSPS) is 10.6. The lowest BCUT2D eigenvalue weighted by molar-refractivity contribution is 0.0993. The van der Waals surface area contributed by atoms with Crippen molar-refractivity contribution in [2.24, 2.45) is 5.73 Å². The number of alkyl halides is 2. The molecule has 0 aliphatic rings. The SMILES string of the molecule is NC(=O)c1nc(I)cc(C(F)F)c1Br. The number of nitrogens with two attached hydrogens (primary N) is 1. The fraction of sp³-hybridized carbons (Fsp3) is 0.143. The largest absolute Gasteiger partial charge is 0.364 e. The Balaban J connectivity index is 3.40. The standard InChI is InChI=1S/C7H4BrF2IN2O/c8-4-2(6(9)10)1-3(11)13-5(4)7(12)14/h1,6H,(H2,12,14). The molecule has 3 nitrogen and oxygen atoms in total. The lowest BCUT2D eigenvalue weighted by Crippen LogP contribution is -2.15. The molecule has 76 valence electrons. The van der Waals surface area contributed by atoms with Gasteiger partial charge >= 0.3 is 0 Å². The predicted octanol–water partition coefficient (Wildman–Crippen LogP) is 2.49. The Hall–Kier alpha value is -0.310. The van der Waals surface area contributed by atoms with Gasteiger partial charge in [0.05, 0.1) is 4.47 Å². The number of amides is 1. The quantitative estimate of drug-likeness (QED) is 0.636. The van der Waals surface area contributed by atoms with E-state index in [0.717, 1.165) is 0 Å². The Morgan fingerprint density at radius 2 is 2.21 bits per heavy atom. The third-order valence-electron chi connectivity index (χ3n) is 1.42. The summed E-state index contributed by atoms with van der Waals surface area (Å²) in [5.41, 5.74) is 4.52. The second kappa shape index (κ2) is 4.47. The van der Waals surface area contributed by atoms with Crippen LogP contribution in [0.4, 0.5) is 8.78 Å². The summed E-state index contributed by atoms with van der Waals surface area (Å²) in [6, 6.07) is 1.20. The van der Waals surface area contributed by atoms with Crippen molar-refractivity contribution in [3.63, 3.8) is 0 Å². The first kappa shape index (κ1) is 11.8. The lowest BCUT2D eigenvalue weighted by atomic mass is 10.2. The number of rotatable bonds is 2. The summed E-state index contributed by atoms with van der Waals surface area (Å²) in [6.45, 7) is 0. The van der Waals surface area contributed by atoms with Crippen LogP contribution < -0.4 is 5.73 Å². The van der Waals surface area contributed by atoms with E-state index in [9.17, 15) is 13.6 Å². The number of pyridine rings is 1. The smallest absolute Gasteiger partial charge is 0.268 e. The molecule has 0 unspecified atom stereocenters. The molecule has 0 aromatic carbocycles. The Kier molecular flexibility index (Phi) is 3.76. The Bertz CT molecular complexity index is 386. The molecule has 0 radical (unpaired) electrons. The van der Waals surface area contributed by atoms with Crippen molar-refractivity contribution in [1.82, 2.24) is 4.98 Å². The van der Waals surface area contributed by atoms with E-state index in [1.807, 2.05) is 0 Å². The van der Waals surface area contributed by atoms with Crippen LogP contribution in [0.2, 0.25) is 0 Å². The fourth-order valence-corrected chi connectivity index (χ4v) is 1.99. The summed E-state index contributed by atoms with van der Waals surface area (Å²) >= 11 is 4.61. The number of carbonyl (C=O) groups excluding carboxylic acids is 1. The molecule has 0 spiro atoms. The number of nitrogens with zero attached hydrogens (tertiary/aromatic N) is 1. The van der Waals surface area contributed by atoms with Crippen molar-refractivity contribution in [2.75, 3.05) is 0 Å². The summed E-state index contributed by atoms with van der Waals surface area (Å²) in [4.78, 5) is 14.6. The van der Waals surface area contributed by atoms with E-state index in [1.165, 1.54) is 6.07 Å². The third kappa shape index (κ3) is 2.38. The zero-order valence-electron chi connectivity index (χ0n) is 6.60. The zero-order chi connectivity index (χ0) is 10.9. The highest BCUT2D eigenvalue weighted by molar-refractivity contribution is 14.1. The van der Waals surface area contributed by atoms with Crippen molar-refractivity contribution in [3.05, 3.63) is 25.5 Å². The number of primary amides is 1. The molecule has 2 N–H and O–H groups in total. The minimum absolute atomic E-state index is 0.0413. The Labute approximate surface area is 100 Å². The maximum absolute atomic E-state index is 12.4. The minimum atomic E-state index is -2.67. The van der Waals surface area contributed by atoms with E-state index in [2.05, 4.69) is 20.9 Å². The van der Waals surface area contributed by atoms with Crippen LogP contribution in [0.25, 0.3) is 0 Å². The molecule has 0 fully saturated rings. The molecular weight excluding hydrogens is 373 g/mol. The molecule has 0 saturated carbocycles. The maximum atomic E-state index is 12.4. The van der Waals surface area contributed by atoms with Gasteiger partial charge in [-0.1, -0.05) is 0 Å². The van der Waals surface area contributed by atoms with Crippen molar-refractivity contribution >= 4 is 44.4 Å². The lowest BCUT2D eigenvalue weighted by Gasteiger charge is -2.06. The molecule has 1 heterocycles. The molecule has 0 aliphatic heterocycles. The molecule has 1 aromatic heterocycles. The van der Waals surface area contributed by atoms with Crippen LogP contribution in [0.1, 0.15) is 22.5 Å². The van der Waals surface area contributed by atoms with Gasteiger partial charge in [-0.3, -0.25) is 4.79 Å². The highest BCUT2D eigenvalue weighted by atomic mass is 127. The summed E-state index contributed by atoms with van der Waals surface area (Å²) < 4.78 is 25.1. The van der Waals surface area contributed by atoms with Crippen molar-refractivity contribution in [2.45, 2.75) is 6.43 Å². The summed E-state index contributed by atoms with van der Waals surface area (Å²) in [7, 11) is 0. The molecule has 1 aromatic rings. The van der Waals surface area contributed by atoms with E-state index < -0.39 is 12.3 Å². The van der Waals surface area contributed by atoms with Crippen LogP contribution in [0.5, 0.6) is 0 Å². The second-order valence-electron chi connectivity index (χ2n) is 2.36. The van der Waals surface area contributed by atoms with Crippen molar-refractivity contribution < 1.29 is 13.6 Å². The Morgan fingerprint density at radius 3 is 2.64 bits per heavy atom. The van der Waals surface area contributed by atoms with Crippen LogP contribution in [0.15, 0.2) is 10.5 Å². The van der Waals surface area contributed by atoms with Crippen LogP contribution in [0.3, 0.4) is 0 Å². The van der Waals surface area contributed by atoms with E-state index in [0.29, 0.717) is 3.70 Å². The first-order valence-electron chi connectivity index (χ1n) is 3.37. The number of aromatic nitrogens is 1. The van der Waals surface area contributed by atoms with Gasteiger partial charge in [0.25, 0.3) is 12.3 Å². The van der Waals surface area contributed by atoms with Crippen molar-refractivity contribution in [1.29, 1.82) is 0 Å². The number of hydrogen-bond donors (Lipinski definition) is 1. The van der Waals surface area contributed by atoms with E-state index in [-0.39, 0.29) is 15.7 Å². The van der Waals surface area contributed by atoms with Gasteiger partial charge in [0.1, 0.15) is 9.39 Å². The third-order valence-corrected chi connectivity index (χ3v) is 2.81. The van der Waals surface area contributed by atoms with Gasteiger partial charge in [0.15, 0.2) is 0 Å². The summed E-state index contributed by atoms with van der Waals surface area (Å²) in [5, 5.41) is 0. The molecular formula is C7H4BrF2IN2O. The molecule has 1 amide bonds. The maximum Gasteiger partial charge on any atom is 0.268 e. The highest BCUT2D eigenvalue weighted by Crippen LogP contribution is 2.30. The number of hydrogen-bond acceptors (Lipinski definition) is 2.